The summed E-state index contributed by atoms with van der Waals surface area (Å²) < 4.78 is 6.14. The molecular weight excluding hydrogens is 320 g/mol. The van der Waals surface area contributed by atoms with Gasteiger partial charge in [-0.15, -0.1) is 0 Å². The minimum Gasteiger partial charge on any atom is -0.468 e. The third-order valence-electron chi connectivity index (χ3n) is 5.42. The Hall–Kier alpha value is -2.08. The second kappa shape index (κ2) is 6.67. The molecule has 0 radical (unpaired) electrons. The van der Waals surface area contributed by atoms with Gasteiger partial charge in [-0.3, -0.25) is 9.59 Å². The van der Waals surface area contributed by atoms with Crippen LogP contribution in [0.2, 0.25) is 0 Å². The monoisotopic (exact) mass is 346 g/mol. The first-order chi connectivity index (χ1) is 12.0. The lowest BCUT2D eigenvalue weighted by atomic mass is 9.73. The molecule has 0 unspecified atom stereocenters. The van der Waals surface area contributed by atoms with Crippen LogP contribution in [0, 0.1) is 5.92 Å². The van der Waals surface area contributed by atoms with Crippen molar-refractivity contribution in [3.05, 3.63) is 29.8 Å². The van der Waals surface area contributed by atoms with Crippen molar-refractivity contribution in [1.82, 2.24) is 9.80 Å². The number of likely N-dealkylation sites (tertiary alicyclic amines) is 1. The van der Waals surface area contributed by atoms with E-state index in [1.165, 1.54) is 4.90 Å². The lowest BCUT2D eigenvalue weighted by Gasteiger charge is -2.53. The topological polar surface area (TPSA) is 70.1 Å². The molecule has 3 rings (SSSR count). The average Bonchev–Trinajstić information content (AvgIpc) is 2.59. The van der Waals surface area contributed by atoms with Crippen LogP contribution in [-0.2, 0) is 9.59 Å². The van der Waals surface area contributed by atoms with Crippen LogP contribution in [0.4, 0.5) is 0 Å². The number of β-amino-alcohol motifs (C(OH)–C–C–N with tert-alkyl or cyclic N) is 1. The summed E-state index contributed by atoms with van der Waals surface area (Å²) in [5.74, 6) is -0.634. The smallest absolute Gasteiger partial charge is 0.238 e. The van der Waals surface area contributed by atoms with Gasteiger partial charge < -0.3 is 19.6 Å². The van der Waals surface area contributed by atoms with E-state index in [-0.39, 0.29) is 30.9 Å². The number of piperidine rings is 1. The zero-order valence-corrected chi connectivity index (χ0v) is 15.1. The highest BCUT2D eigenvalue weighted by atomic mass is 16.5. The normalized spacial score (nSPS) is 27.5. The highest BCUT2D eigenvalue weighted by molar-refractivity contribution is 6.02. The summed E-state index contributed by atoms with van der Waals surface area (Å²) in [5.41, 5.74) is 0.0845. The Morgan fingerprint density at radius 1 is 1.36 bits per heavy atom. The molecule has 0 aromatic heterocycles. The van der Waals surface area contributed by atoms with Crippen LogP contribution >= 0.6 is 0 Å². The Bertz CT molecular complexity index is 673. The summed E-state index contributed by atoms with van der Waals surface area (Å²) in [7, 11) is 0. The van der Waals surface area contributed by atoms with Gasteiger partial charge in [-0.05, 0) is 32.4 Å². The van der Waals surface area contributed by atoms with E-state index in [0.29, 0.717) is 25.3 Å². The molecule has 1 aromatic carbocycles. The van der Waals surface area contributed by atoms with Crippen molar-refractivity contribution >= 4 is 11.8 Å². The van der Waals surface area contributed by atoms with Gasteiger partial charge in [0.05, 0.1) is 6.61 Å². The van der Waals surface area contributed by atoms with Crippen LogP contribution in [0.15, 0.2) is 24.3 Å². The zero-order valence-electron chi connectivity index (χ0n) is 15.1. The number of fused-ring (bicyclic) bond motifs is 4. The maximum Gasteiger partial charge on any atom is 0.238 e. The maximum absolute atomic E-state index is 13.2. The molecule has 2 bridgehead atoms. The summed E-state index contributed by atoms with van der Waals surface area (Å²) in [4.78, 5) is 29.6. The molecule has 0 aliphatic carbocycles. The van der Waals surface area contributed by atoms with Crippen molar-refractivity contribution < 1.29 is 19.4 Å². The predicted octanol–water partition coefficient (Wildman–Crippen LogP) is 1.59. The van der Waals surface area contributed by atoms with E-state index in [1.54, 1.807) is 4.90 Å². The molecule has 2 heterocycles. The largest absolute Gasteiger partial charge is 0.468 e. The molecule has 0 saturated carbocycles. The van der Waals surface area contributed by atoms with Crippen molar-refractivity contribution in [2.24, 2.45) is 5.92 Å². The van der Waals surface area contributed by atoms with Gasteiger partial charge in [-0.25, -0.2) is 0 Å². The molecule has 1 aromatic rings. The van der Waals surface area contributed by atoms with Gasteiger partial charge in [0, 0.05) is 32.0 Å². The molecule has 25 heavy (non-hydrogen) atoms. The summed E-state index contributed by atoms with van der Waals surface area (Å²) in [6, 6.07) is 7.62. The first-order valence-corrected chi connectivity index (χ1v) is 8.95. The molecule has 0 spiro atoms. The summed E-state index contributed by atoms with van der Waals surface area (Å²) in [6.45, 7) is 6.84. The third-order valence-corrected chi connectivity index (χ3v) is 5.42. The van der Waals surface area contributed by atoms with Crippen LogP contribution < -0.4 is 4.74 Å². The molecule has 6 nitrogen and oxygen atoms in total. The van der Waals surface area contributed by atoms with Crippen LogP contribution in [0.3, 0.4) is 0 Å². The van der Waals surface area contributed by atoms with Gasteiger partial charge in [0.25, 0.3) is 0 Å². The summed E-state index contributed by atoms with van der Waals surface area (Å²) in [6.07, 6.45) is 0.549. The number of hydrogen-bond donors (Lipinski definition) is 1. The quantitative estimate of drug-likeness (QED) is 0.822. The number of hydrogen-bond acceptors (Lipinski definition) is 4. The number of rotatable bonds is 5. The van der Waals surface area contributed by atoms with Crippen molar-refractivity contribution in [2.75, 3.05) is 26.2 Å². The lowest BCUT2D eigenvalue weighted by Crippen LogP contribution is -2.65. The van der Waals surface area contributed by atoms with Gasteiger partial charge in [0.15, 0.2) is 5.72 Å². The molecule has 1 saturated heterocycles. The fourth-order valence-electron chi connectivity index (χ4n) is 4.17. The van der Waals surface area contributed by atoms with Crippen molar-refractivity contribution in [3.63, 3.8) is 0 Å². The van der Waals surface area contributed by atoms with Gasteiger partial charge in [-0.1, -0.05) is 18.2 Å². The number of para-hydroxylation sites is 1. The van der Waals surface area contributed by atoms with E-state index in [9.17, 15) is 14.7 Å². The van der Waals surface area contributed by atoms with E-state index in [1.807, 2.05) is 45.0 Å². The number of amides is 2. The van der Waals surface area contributed by atoms with Crippen molar-refractivity contribution in [2.45, 2.75) is 38.8 Å². The van der Waals surface area contributed by atoms with E-state index in [4.69, 9.17) is 4.74 Å². The zero-order chi connectivity index (χ0) is 18.2. The standard InChI is InChI=1S/C19H26N2O4/c1-4-20(5-2)17(23)16-14-12-19(3,21(10-11-22)18(16)24)25-15-9-7-6-8-13(14)15/h6-9,14,16,22H,4-5,10-12H2,1-3H3/t14-,16-,19-/m0/s1. The number of carbonyl (C=O) groups excluding carboxylic acids is 2. The van der Waals surface area contributed by atoms with E-state index in [2.05, 4.69) is 0 Å². The minimum atomic E-state index is -0.834. The number of benzene rings is 1. The fourth-order valence-corrected chi connectivity index (χ4v) is 4.17. The third kappa shape index (κ3) is 2.78. The second-order valence-electron chi connectivity index (χ2n) is 6.83. The molecule has 1 fully saturated rings. The first-order valence-electron chi connectivity index (χ1n) is 8.95. The number of ether oxygens (including phenoxy) is 1. The highest BCUT2D eigenvalue weighted by Gasteiger charge is 2.56. The van der Waals surface area contributed by atoms with Crippen molar-refractivity contribution in [3.8, 4) is 5.75 Å². The van der Waals surface area contributed by atoms with E-state index in [0.717, 1.165) is 5.56 Å². The molecule has 2 aliphatic rings. The molecule has 2 aliphatic heterocycles. The number of aliphatic hydroxyl groups is 1. The molecule has 3 atom stereocenters. The second-order valence-corrected chi connectivity index (χ2v) is 6.83. The lowest BCUT2D eigenvalue weighted by molar-refractivity contribution is -0.179. The van der Waals surface area contributed by atoms with Crippen LogP contribution in [0.25, 0.3) is 0 Å². The molecule has 2 amide bonds. The van der Waals surface area contributed by atoms with E-state index < -0.39 is 11.6 Å². The molecule has 6 heteroatoms. The average molecular weight is 346 g/mol. The number of aliphatic hydroxyl groups excluding tert-OH is 1. The van der Waals surface area contributed by atoms with Gasteiger partial charge in [-0.2, -0.15) is 0 Å². The van der Waals surface area contributed by atoms with Crippen LogP contribution in [0.1, 0.15) is 38.7 Å². The fraction of sp³-hybridized carbons (Fsp3) is 0.579. The van der Waals surface area contributed by atoms with Crippen LogP contribution in [0.5, 0.6) is 5.75 Å². The Morgan fingerprint density at radius 3 is 2.68 bits per heavy atom. The minimum absolute atomic E-state index is 0.137. The highest BCUT2D eigenvalue weighted by Crippen LogP contribution is 2.50. The Morgan fingerprint density at radius 2 is 2.04 bits per heavy atom. The Kier molecular flexibility index (Phi) is 4.73. The molecule has 1 N–H and O–H groups in total. The van der Waals surface area contributed by atoms with Gasteiger partial charge >= 0.3 is 0 Å². The first kappa shape index (κ1) is 17.7. The predicted molar refractivity (Wildman–Crippen MR) is 93.0 cm³/mol. The number of nitrogens with zero attached hydrogens (tertiary/aromatic N) is 2. The number of carbonyl (C=O) groups is 2. The summed E-state index contributed by atoms with van der Waals surface area (Å²) in [5, 5.41) is 9.42. The van der Waals surface area contributed by atoms with Crippen molar-refractivity contribution in [1.29, 1.82) is 0 Å². The molecular formula is C19H26N2O4. The Balaban J connectivity index is 2.09. The maximum atomic E-state index is 13.2. The Labute approximate surface area is 148 Å². The van der Waals surface area contributed by atoms with Gasteiger partial charge in [0.1, 0.15) is 11.7 Å². The van der Waals surface area contributed by atoms with Gasteiger partial charge in [0.2, 0.25) is 11.8 Å². The molecule has 136 valence electrons. The van der Waals surface area contributed by atoms with Crippen LogP contribution in [-0.4, -0.2) is 58.7 Å². The summed E-state index contributed by atoms with van der Waals surface area (Å²) >= 11 is 0. The SMILES string of the molecule is CCN(CC)C(=O)[C@H]1C(=O)N(CCO)[C@]2(C)C[C@H]1c1ccccc1O2. The van der Waals surface area contributed by atoms with E-state index >= 15 is 0 Å².